The van der Waals surface area contributed by atoms with Crippen LogP contribution in [0, 0.1) is 0 Å². The highest BCUT2D eigenvalue weighted by Gasteiger charge is 2.21. The van der Waals surface area contributed by atoms with Crippen LogP contribution >= 0.6 is 23.1 Å². The van der Waals surface area contributed by atoms with Gasteiger partial charge in [-0.25, -0.2) is 0 Å². The van der Waals surface area contributed by atoms with Crippen LogP contribution in [0.25, 0.3) is 28.5 Å². The normalized spacial score (nSPS) is 11.2. The van der Waals surface area contributed by atoms with Gasteiger partial charge in [0.05, 0.1) is 11.4 Å². The van der Waals surface area contributed by atoms with Crippen molar-refractivity contribution in [3.8, 4) is 28.5 Å². The highest BCUT2D eigenvalue weighted by molar-refractivity contribution is 7.98. The van der Waals surface area contributed by atoms with Gasteiger partial charge in [-0.1, -0.05) is 49.0 Å². The third-order valence-corrected chi connectivity index (χ3v) is 6.91. The second kappa shape index (κ2) is 9.68. The van der Waals surface area contributed by atoms with Crippen LogP contribution in [0.5, 0.6) is 0 Å². The minimum atomic E-state index is 0.498. The molecule has 0 bridgehead atoms. The van der Waals surface area contributed by atoms with Crippen molar-refractivity contribution in [3.05, 3.63) is 76.6 Å². The number of thioether (sulfide) groups is 1. The van der Waals surface area contributed by atoms with Gasteiger partial charge in [0.2, 0.25) is 11.7 Å². The molecular weight excluding hydrogens is 452 g/mol. The maximum Gasteiger partial charge on any atom is 0.237 e. The van der Waals surface area contributed by atoms with Crippen LogP contribution in [0.15, 0.2) is 69.2 Å². The van der Waals surface area contributed by atoms with Crippen LogP contribution in [0.4, 0.5) is 0 Å². The fraction of sp³-hybridized carbons (Fsp3) is 0.208. The number of benzene rings is 1. The quantitative estimate of drug-likeness (QED) is 0.261. The summed E-state index contributed by atoms with van der Waals surface area (Å²) in [6.07, 6.45) is 5.40. The number of aryl methyl sites for hydroxylation is 2. The van der Waals surface area contributed by atoms with Gasteiger partial charge >= 0.3 is 0 Å². The van der Waals surface area contributed by atoms with Gasteiger partial charge in [-0.05, 0) is 47.5 Å². The SMILES string of the molecule is CCc1cccc(CC)c1-n1c(SCc2nc(-c3ccsc3)no2)nnc1-c1cccnc1. The highest BCUT2D eigenvalue weighted by Crippen LogP contribution is 2.33. The predicted octanol–water partition coefficient (Wildman–Crippen LogP) is 5.86. The minimum absolute atomic E-state index is 0.498. The lowest BCUT2D eigenvalue weighted by Crippen LogP contribution is -2.07. The summed E-state index contributed by atoms with van der Waals surface area (Å²) < 4.78 is 7.64. The number of hydrogen-bond donors (Lipinski definition) is 0. The predicted molar refractivity (Wildman–Crippen MR) is 131 cm³/mol. The Hall–Kier alpha value is -3.30. The number of thiophene rings is 1. The lowest BCUT2D eigenvalue weighted by atomic mass is 10.0. The molecule has 0 aliphatic carbocycles. The molecule has 1 aromatic carbocycles. The maximum atomic E-state index is 5.49. The van der Waals surface area contributed by atoms with Gasteiger partial charge < -0.3 is 4.52 Å². The molecule has 0 amide bonds. The molecule has 0 radical (unpaired) electrons. The van der Waals surface area contributed by atoms with E-state index in [4.69, 9.17) is 4.52 Å². The molecule has 0 fully saturated rings. The first-order valence-corrected chi connectivity index (χ1v) is 12.7. The second-order valence-corrected chi connectivity index (χ2v) is 9.05. The first-order valence-electron chi connectivity index (χ1n) is 10.7. The highest BCUT2D eigenvalue weighted by atomic mass is 32.2. The average molecular weight is 475 g/mol. The van der Waals surface area contributed by atoms with Crippen molar-refractivity contribution in [1.82, 2.24) is 29.9 Å². The summed E-state index contributed by atoms with van der Waals surface area (Å²) in [5.74, 6) is 2.43. The van der Waals surface area contributed by atoms with Crippen molar-refractivity contribution in [2.24, 2.45) is 0 Å². The van der Waals surface area contributed by atoms with E-state index in [-0.39, 0.29) is 0 Å². The summed E-state index contributed by atoms with van der Waals surface area (Å²) >= 11 is 3.14. The van der Waals surface area contributed by atoms with Gasteiger partial charge in [0, 0.05) is 28.9 Å². The third kappa shape index (κ3) is 4.34. The molecule has 166 valence electrons. The molecule has 0 unspecified atom stereocenters. The number of para-hydroxylation sites is 1. The number of hydrogen-bond acceptors (Lipinski definition) is 8. The fourth-order valence-corrected chi connectivity index (χ4v) is 5.11. The summed E-state index contributed by atoms with van der Waals surface area (Å²) in [4.78, 5) is 8.83. The molecular formula is C24H22N6OS2. The first kappa shape index (κ1) is 21.5. The van der Waals surface area contributed by atoms with Crippen molar-refractivity contribution in [2.75, 3.05) is 0 Å². The van der Waals surface area contributed by atoms with Gasteiger partial charge in [-0.15, -0.1) is 10.2 Å². The van der Waals surface area contributed by atoms with Crippen LogP contribution in [0.2, 0.25) is 0 Å². The van der Waals surface area contributed by atoms with Crippen molar-refractivity contribution in [2.45, 2.75) is 37.6 Å². The van der Waals surface area contributed by atoms with Crippen LogP contribution in [0.1, 0.15) is 30.9 Å². The van der Waals surface area contributed by atoms with Crippen molar-refractivity contribution < 1.29 is 4.52 Å². The van der Waals surface area contributed by atoms with Gasteiger partial charge in [0.25, 0.3) is 0 Å². The molecule has 0 N–H and O–H groups in total. The Morgan fingerprint density at radius 2 is 1.85 bits per heavy atom. The standard InChI is InChI=1S/C24H22N6OS2/c1-3-16-7-5-8-17(4-2)21(16)30-23(18-9-6-11-25-13-18)27-28-24(30)33-15-20-26-22(29-31-20)19-10-12-32-14-19/h5-14H,3-4,15H2,1-2H3. The Morgan fingerprint density at radius 1 is 1.00 bits per heavy atom. The Morgan fingerprint density at radius 3 is 2.55 bits per heavy atom. The zero-order chi connectivity index (χ0) is 22.6. The molecule has 0 spiro atoms. The van der Waals surface area contributed by atoms with Crippen molar-refractivity contribution in [1.29, 1.82) is 0 Å². The fourth-order valence-electron chi connectivity index (χ4n) is 3.70. The smallest absolute Gasteiger partial charge is 0.237 e. The Labute approximate surface area is 199 Å². The molecule has 5 aromatic rings. The molecule has 0 saturated carbocycles. The Bertz CT molecular complexity index is 1320. The van der Waals surface area contributed by atoms with E-state index in [0.717, 1.165) is 40.6 Å². The van der Waals surface area contributed by atoms with Crippen LogP contribution in [-0.2, 0) is 18.6 Å². The van der Waals surface area contributed by atoms with Gasteiger partial charge in [-0.2, -0.15) is 16.3 Å². The molecule has 0 aliphatic rings. The van der Waals surface area contributed by atoms with E-state index in [0.29, 0.717) is 17.5 Å². The zero-order valence-corrected chi connectivity index (χ0v) is 19.9. The number of nitrogens with zero attached hydrogens (tertiary/aromatic N) is 6. The number of rotatable bonds is 8. The summed E-state index contributed by atoms with van der Waals surface area (Å²) in [6.45, 7) is 4.34. The van der Waals surface area contributed by atoms with Gasteiger partial charge in [0.15, 0.2) is 11.0 Å². The Balaban J connectivity index is 1.55. The van der Waals surface area contributed by atoms with E-state index in [1.165, 1.54) is 22.9 Å². The van der Waals surface area contributed by atoms with Crippen molar-refractivity contribution >= 4 is 23.1 Å². The molecule has 4 aromatic heterocycles. The molecule has 0 aliphatic heterocycles. The molecule has 7 nitrogen and oxygen atoms in total. The lowest BCUT2D eigenvalue weighted by molar-refractivity contribution is 0.391. The molecule has 0 saturated heterocycles. The summed E-state index contributed by atoms with van der Waals surface area (Å²) in [6, 6.07) is 12.4. The number of aromatic nitrogens is 6. The van der Waals surface area contributed by atoms with Crippen LogP contribution in [-0.4, -0.2) is 29.9 Å². The third-order valence-electron chi connectivity index (χ3n) is 5.31. The van der Waals surface area contributed by atoms with E-state index in [1.54, 1.807) is 17.5 Å². The minimum Gasteiger partial charge on any atom is -0.338 e. The van der Waals surface area contributed by atoms with Crippen LogP contribution < -0.4 is 0 Å². The topological polar surface area (TPSA) is 82.5 Å². The summed E-state index contributed by atoms with van der Waals surface area (Å²) in [5.41, 5.74) is 5.52. The first-order chi connectivity index (χ1) is 16.3. The number of pyridine rings is 1. The summed E-state index contributed by atoms with van der Waals surface area (Å²) in [5, 5.41) is 18.0. The van der Waals surface area contributed by atoms with E-state index >= 15 is 0 Å². The zero-order valence-electron chi connectivity index (χ0n) is 18.3. The average Bonchev–Trinajstić information content (AvgIpc) is 3.63. The van der Waals surface area contributed by atoms with Gasteiger partial charge in [-0.3, -0.25) is 9.55 Å². The monoisotopic (exact) mass is 474 g/mol. The molecule has 9 heteroatoms. The van der Waals surface area contributed by atoms with E-state index in [2.05, 4.69) is 61.9 Å². The molecule has 5 rings (SSSR count). The van der Waals surface area contributed by atoms with Gasteiger partial charge in [0.1, 0.15) is 0 Å². The lowest BCUT2D eigenvalue weighted by Gasteiger charge is -2.17. The molecule has 0 atom stereocenters. The Kier molecular flexibility index (Phi) is 6.32. The molecule has 4 heterocycles. The van der Waals surface area contributed by atoms with Crippen LogP contribution in [0.3, 0.4) is 0 Å². The largest absolute Gasteiger partial charge is 0.338 e. The summed E-state index contributed by atoms with van der Waals surface area (Å²) in [7, 11) is 0. The second-order valence-electron chi connectivity index (χ2n) is 7.33. The van der Waals surface area contributed by atoms with E-state index < -0.39 is 0 Å². The van der Waals surface area contributed by atoms with E-state index in [9.17, 15) is 0 Å². The maximum absolute atomic E-state index is 5.49. The van der Waals surface area contributed by atoms with Crippen molar-refractivity contribution in [3.63, 3.8) is 0 Å². The van der Waals surface area contributed by atoms with E-state index in [1.807, 2.05) is 35.2 Å². The molecule has 33 heavy (non-hydrogen) atoms.